The summed E-state index contributed by atoms with van der Waals surface area (Å²) in [5.74, 6) is 0. The van der Waals surface area contributed by atoms with Crippen molar-refractivity contribution in [3.63, 3.8) is 0 Å². The first-order valence-corrected chi connectivity index (χ1v) is 6.17. The number of hydrogen-bond donors (Lipinski definition) is 1. The lowest BCUT2D eigenvalue weighted by Gasteiger charge is -2.41. The van der Waals surface area contributed by atoms with E-state index in [-0.39, 0.29) is 5.54 Å². The number of morpholine rings is 1. The van der Waals surface area contributed by atoms with Crippen molar-refractivity contribution < 1.29 is 4.74 Å². The molecule has 1 aliphatic carbocycles. The molecule has 3 nitrogen and oxygen atoms in total. The second-order valence-electron chi connectivity index (χ2n) is 5.51. The van der Waals surface area contributed by atoms with Crippen LogP contribution in [0.1, 0.15) is 33.1 Å². The van der Waals surface area contributed by atoms with E-state index in [1.54, 1.807) is 0 Å². The molecule has 0 bridgehead atoms. The zero-order valence-corrected chi connectivity index (χ0v) is 10.3. The fourth-order valence-electron chi connectivity index (χ4n) is 2.79. The SMILES string of the molecule is CNC(C)(C)CN1CCOC2CCCC21. The molecule has 88 valence electrons. The summed E-state index contributed by atoms with van der Waals surface area (Å²) in [6.07, 6.45) is 4.45. The summed E-state index contributed by atoms with van der Waals surface area (Å²) in [5.41, 5.74) is 0.213. The normalized spacial score (nSPS) is 33.0. The molecule has 0 aromatic carbocycles. The van der Waals surface area contributed by atoms with Crippen LogP contribution in [0.5, 0.6) is 0 Å². The minimum absolute atomic E-state index is 0.213. The molecule has 0 aromatic heterocycles. The van der Waals surface area contributed by atoms with Crippen molar-refractivity contribution in [2.24, 2.45) is 0 Å². The number of likely N-dealkylation sites (N-methyl/N-ethyl adjacent to an activating group) is 1. The molecule has 1 aliphatic heterocycles. The average molecular weight is 212 g/mol. The Kier molecular flexibility index (Phi) is 3.33. The molecule has 1 heterocycles. The Morgan fingerprint density at radius 3 is 2.93 bits per heavy atom. The lowest BCUT2D eigenvalue weighted by atomic mass is 10.0. The summed E-state index contributed by atoms with van der Waals surface area (Å²) in [7, 11) is 2.05. The lowest BCUT2D eigenvalue weighted by molar-refractivity contribution is -0.0618. The van der Waals surface area contributed by atoms with E-state index in [9.17, 15) is 0 Å². The standard InChI is InChI=1S/C12H24N2O/c1-12(2,13-3)9-14-7-8-15-11-6-4-5-10(11)14/h10-11,13H,4-9H2,1-3H3. The molecule has 0 amide bonds. The van der Waals surface area contributed by atoms with Crippen molar-refractivity contribution in [1.29, 1.82) is 0 Å². The maximum Gasteiger partial charge on any atom is 0.0730 e. The Labute approximate surface area is 93.2 Å². The van der Waals surface area contributed by atoms with Crippen molar-refractivity contribution in [2.45, 2.75) is 50.8 Å². The van der Waals surface area contributed by atoms with Crippen LogP contribution < -0.4 is 5.32 Å². The van der Waals surface area contributed by atoms with Crippen molar-refractivity contribution in [2.75, 3.05) is 26.7 Å². The van der Waals surface area contributed by atoms with Crippen LogP contribution >= 0.6 is 0 Å². The van der Waals surface area contributed by atoms with Gasteiger partial charge in [-0.2, -0.15) is 0 Å². The summed E-state index contributed by atoms with van der Waals surface area (Å²) in [6.45, 7) is 7.69. The largest absolute Gasteiger partial charge is 0.375 e. The fourth-order valence-corrected chi connectivity index (χ4v) is 2.79. The van der Waals surface area contributed by atoms with Gasteiger partial charge in [0.1, 0.15) is 0 Å². The third-order valence-corrected chi connectivity index (χ3v) is 3.87. The molecule has 15 heavy (non-hydrogen) atoms. The van der Waals surface area contributed by atoms with Crippen LogP contribution in [0.3, 0.4) is 0 Å². The number of hydrogen-bond acceptors (Lipinski definition) is 3. The van der Waals surface area contributed by atoms with Crippen LogP contribution in [0.4, 0.5) is 0 Å². The zero-order valence-electron chi connectivity index (χ0n) is 10.3. The summed E-state index contributed by atoms with van der Waals surface area (Å²) in [4.78, 5) is 2.62. The molecule has 2 rings (SSSR count). The minimum atomic E-state index is 0.213. The molecule has 1 N–H and O–H groups in total. The van der Waals surface area contributed by atoms with Crippen molar-refractivity contribution in [3.8, 4) is 0 Å². The highest BCUT2D eigenvalue weighted by molar-refractivity contribution is 4.92. The van der Waals surface area contributed by atoms with Gasteiger partial charge in [0.05, 0.1) is 12.7 Å². The van der Waals surface area contributed by atoms with E-state index >= 15 is 0 Å². The minimum Gasteiger partial charge on any atom is -0.375 e. The molecule has 3 heteroatoms. The molecule has 0 radical (unpaired) electrons. The molecule has 1 saturated carbocycles. The topological polar surface area (TPSA) is 24.5 Å². The molecule has 0 spiro atoms. The molecule has 0 aromatic rings. The molecule has 2 aliphatic rings. The predicted molar refractivity (Wildman–Crippen MR) is 62.1 cm³/mol. The monoisotopic (exact) mass is 212 g/mol. The third-order valence-electron chi connectivity index (χ3n) is 3.87. The summed E-state index contributed by atoms with van der Waals surface area (Å²) >= 11 is 0. The van der Waals surface area contributed by atoms with E-state index in [1.807, 2.05) is 7.05 Å². The number of fused-ring (bicyclic) bond motifs is 1. The lowest BCUT2D eigenvalue weighted by Crippen LogP contribution is -2.56. The van der Waals surface area contributed by atoms with Gasteiger partial charge in [-0.25, -0.2) is 0 Å². The first kappa shape index (κ1) is 11.4. The maximum atomic E-state index is 5.82. The molecular weight excluding hydrogens is 188 g/mol. The van der Waals surface area contributed by atoms with Crippen LogP contribution in [0.25, 0.3) is 0 Å². The Hall–Kier alpha value is -0.120. The maximum absolute atomic E-state index is 5.82. The van der Waals surface area contributed by atoms with Gasteiger partial charge in [-0.1, -0.05) is 0 Å². The van der Waals surface area contributed by atoms with Crippen molar-refractivity contribution in [1.82, 2.24) is 10.2 Å². The fraction of sp³-hybridized carbons (Fsp3) is 1.00. The Bertz CT molecular complexity index is 218. The highest BCUT2D eigenvalue weighted by atomic mass is 16.5. The van der Waals surface area contributed by atoms with Crippen LogP contribution in [0.15, 0.2) is 0 Å². The highest BCUT2D eigenvalue weighted by Gasteiger charge is 2.37. The number of rotatable bonds is 3. The predicted octanol–water partition coefficient (Wildman–Crippen LogP) is 1.24. The Morgan fingerprint density at radius 1 is 1.40 bits per heavy atom. The van der Waals surface area contributed by atoms with Crippen molar-refractivity contribution in [3.05, 3.63) is 0 Å². The van der Waals surface area contributed by atoms with Crippen molar-refractivity contribution >= 4 is 0 Å². The van der Waals surface area contributed by atoms with Crippen LogP contribution in [-0.2, 0) is 4.74 Å². The summed E-state index contributed by atoms with van der Waals surface area (Å²) in [6, 6.07) is 0.686. The number of nitrogens with one attached hydrogen (secondary N) is 1. The summed E-state index contributed by atoms with van der Waals surface area (Å²) in [5, 5.41) is 3.39. The van der Waals surface area contributed by atoms with Gasteiger partial charge in [-0.3, -0.25) is 4.90 Å². The molecular formula is C12H24N2O. The van der Waals surface area contributed by atoms with Crippen LogP contribution in [0.2, 0.25) is 0 Å². The molecule has 1 saturated heterocycles. The van der Waals surface area contributed by atoms with E-state index in [0.717, 1.165) is 19.7 Å². The number of nitrogens with zero attached hydrogens (tertiary/aromatic N) is 1. The van der Waals surface area contributed by atoms with Gasteiger partial charge in [-0.15, -0.1) is 0 Å². The zero-order chi connectivity index (χ0) is 10.9. The highest BCUT2D eigenvalue weighted by Crippen LogP contribution is 2.30. The average Bonchev–Trinajstić information content (AvgIpc) is 2.66. The van der Waals surface area contributed by atoms with Gasteiger partial charge in [0.2, 0.25) is 0 Å². The van der Waals surface area contributed by atoms with Gasteiger partial charge in [-0.05, 0) is 40.2 Å². The van der Waals surface area contributed by atoms with E-state index in [2.05, 4.69) is 24.1 Å². The van der Waals surface area contributed by atoms with Crippen LogP contribution in [-0.4, -0.2) is 49.3 Å². The first-order chi connectivity index (χ1) is 7.12. The molecule has 2 atom stereocenters. The Morgan fingerprint density at radius 2 is 2.20 bits per heavy atom. The Balaban J connectivity index is 1.96. The first-order valence-electron chi connectivity index (χ1n) is 6.17. The smallest absolute Gasteiger partial charge is 0.0730 e. The van der Waals surface area contributed by atoms with Gasteiger partial charge >= 0.3 is 0 Å². The van der Waals surface area contributed by atoms with Gasteiger partial charge in [0.15, 0.2) is 0 Å². The van der Waals surface area contributed by atoms with Gasteiger partial charge in [0, 0.05) is 24.7 Å². The van der Waals surface area contributed by atoms with Gasteiger partial charge in [0.25, 0.3) is 0 Å². The second-order valence-corrected chi connectivity index (χ2v) is 5.51. The van der Waals surface area contributed by atoms with Crippen LogP contribution in [0, 0.1) is 0 Å². The summed E-state index contributed by atoms with van der Waals surface area (Å²) < 4.78 is 5.82. The second kappa shape index (κ2) is 4.40. The quantitative estimate of drug-likeness (QED) is 0.762. The van der Waals surface area contributed by atoms with E-state index in [1.165, 1.54) is 19.3 Å². The molecule has 2 unspecified atom stereocenters. The molecule has 2 fully saturated rings. The van der Waals surface area contributed by atoms with E-state index in [4.69, 9.17) is 4.74 Å². The number of ether oxygens (including phenoxy) is 1. The third kappa shape index (κ3) is 2.52. The van der Waals surface area contributed by atoms with E-state index in [0.29, 0.717) is 12.1 Å². The van der Waals surface area contributed by atoms with E-state index < -0.39 is 0 Å². The van der Waals surface area contributed by atoms with Gasteiger partial charge < -0.3 is 10.1 Å².